The van der Waals surface area contributed by atoms with Crippen LogP contribution in [0.3, 0.4) is 0 Å². The summed E-state index contributed by atoms with van der Waals surface area (Å²) in [6.07, 6.45) is 0.982. The van der Waals surface area contributed by atoms with Gasteiger partial charge in [-0.2, -0.15) is 0 Å². The summed E-state index contributed by atoms with van der Waals surface area (Å²) in [6.45, 7) is 4.46. The Hall–Kier alpha value is -1.65. The Kier molecular flexibility index (Phi) is 4.30. The minimum absolute atomic E-state index is 0.00813. The van der Waals surface area contributed by atoms with E-state index in [1.165, 1.54) is 5.56 Å². The molecule has 0 radical (unpaired) electrons. The van der Waals surface area contributed by atoms with Crippen LogP contribution in [0.4, 0.5) is 0 Å². The van der Waals surface area contributed by atoms with Crippen LogP contribution in [0.15, 0.2) is 53.4 Å². The van der Waals surface area contributed by atoms with E-state index in [1.807, 2.05) is 19.1 Å². The number of sulfone groups is 1. The van der Waals surface area contributed by atoms with Gasteiger partial charge in [0, 0.05) is 5.92 Å². The lowest BCUT2D eigenvalue weighted by atomic mass is 10.1. The molecule has 2 aromatic rings. The van der Waals surface area contributed by atoms with Gasteiger partial charge < -0.3 is 5.73 Å². The van der Waals surface area contributed by atoms with Gasteiger partial charge in [0.15, 0.2) is 9.84 Å². The molecule has 0 unspecified atom stereocenters. The van der Waals surface area contributed by atoms with E-state index in [1.54, 1.807) is 12.1 Å². The molecule has 1 aliphatic rings. The summed E-state index contributed by atoms with van der Waals surface area (Å²) in [4.78, 5) is 0.402. The first-order valence-corrected chi connectivity index (χ1v) is 9.63. The van der Waals surface area contributed by atoms with Crippen LogP contribution >= 0.6 is 0 Å². The quantitative estimate of drug-likeness (QED) is 0.917. The zero-order valence-electron chi connectivity index (χ0n) is 13.6. The minimum Gasteiger partial charge on any atom is -0.330 e. The number of hydrogen-bond donors (Lipinski definition) is 1. The maximum absolute atomic E-state index is 12.9. The Morgan fingerprint density at radius 3 is 2.13 bits per heavy atom. The zero-order valence-corrected chi connectivity index (χ0v) is 14.4. The molecule has 0 spiro atoms. The molecular weight excluding hydrogens is 306 g/mol. The lowest BCUT2D eigenvalue weighted by molar-refractivity contribution is 0.591. The van der Waals surface area contributed by atoms with E-state index >= 15 is 0 Å². The first-order chi connectivity index (χ1) is 11.0. The van der Waals surface area contributed by atoms with E-state index in [0.717, 1.165) is 17.5 Å². The highest BCUT2D eigenvalue weighted by molar-refractivity contribution is 7.92. The summed E-state index contributed by atoms with van der Waals surface area (Å²) in [5.41, 5.74) is 9.24. The lowest BCUT2D eigenvalue weighted by Gasteiger charge is -2.05. The van der Waals surface area contributed by atoms with Crippen molar-refractivity contribution in [1.82, 2.24) is 0 Å². The number of aryl methyl sites for hydroxylation is 2. The van der Waals surface area contributed by atoms with Crippen LogP contribution < -0.4 is 5.73 Å². The Balaban J connectivity index is 1.90. The second-order valence-electron chi connectivity index (χ2n) is 6.34. The molecule has 3 atom stereocenters. The average molecular weight is 329 g/mol. The summed E-state index contributed by atoms with van der Waals surface area (Å²) in [6, 6.07) is 15.4. The Morgan fingerprint density at radius 1 is 1.00 bits per heavy atom. The number of hydrogen-bond acceptors (Lipinski definition) is 3. The molecule has 3 nitrogen and oxygen atoms in total. The topological polar surface area (TPSA) is 60.2 Å². The van der Waals surface area contributed by atoms with E-state index in [9.17, 15) is 8.42 Å². The lowest BCUT2D eigenvalue weighted by Crippen LogP contribution is -2.13. The first-order valence-electron chi connectivity index (χ1n) is 8.08. The Morgan fingerprint density at radius 2 is 1.61 bits per heavy atom. The van der Waals surface area contributed by atoms with Gasteiger partial charge in [-0.1, -0.05) is 48.9 Å². The molecule has 4 heteroatoms. The molecule has 1 saturated carbocycles. The number of rotatable bonds is 5. The van der Waals surface area contributed by atoms with E-state index in [4.69, 9.17) is 5.73 Å². The summed E-state index contributed by atoms with van der Waals surface area (Å²) >= 11 is 0. The second kappa shape index (κ2) is 6.10. The third-order valence-corrected chi connectivity index (χ3v) is 7.14. The fourth-order valence-electron chi connectivity index (χ4n) is 3.34. The van der Waals surface area contributed by atoms with Crippen molar-refractivity contribution in [2.75, 3.05) is 6.54 Å². The van der Waals surface area contributed by atoms with E-state index < -0.39 is 15.1 Å². The van der Waals surface area contributed by atoms with Gasteiger partial charge in [0.05, 0.1) is 10.1 Å². The van der Waals surface area contributed by atoms with Crippen molar-refractivity contribution in [1.29, 1.82) is 0 Å². The fourth-order valence-corrected chi connectivity index (χ4v) is 5.57. The van der Waals surface area contributed by atoms with E-state index in [0.29, 0.717) is 11.4 Å². The maximum Gasteiger partial charge on any atom is 0.182 e. The largest absolute Gasteiger partial charge is 0.330 e. The first kappa shape index (κ1) is 16.2. The van der Waals surface area contributed by atoms with Gasteiger partial charge in [-0.15, -0.1) is 0 Å². The molecule has 1 aliphatic carbocycles. The normalized spacial score (nSPS) is 23.7. The van der Waals surface area contributed by atoms with Crippen molar-refractivity contribution >= 4 is 9.84 Å². The molecule has 2 aromatic carbocycles. The molecule has 122 valence electrons. The molecule has 0 heterocycles. The van der Waals surface area contributed by atoms with Crippen LogP contribution in [0.5, 0.6) is 0 Å². The van der Waals surface area contributed by atoms with Crippen molar-refractivity contribution < 1.29 is 8.42 Å². The summed E-state index contributed by atoms with van der Waals surface area (Å²) < 4.78 is 25.9. The van der Waals surface area contributed by atoms with Crippen molar-refractivity contribution in [3.05, 3.63) is 65.2 Å². The average Bonchev–Trinajstić information content (AvgIpc) is 3.31. The highest BCUT2D eigenvalue weighted by atomic mass is 32.2. The van der Waals surface area contributed by atoms with Gasteiger partial charge in [0.2, 0.25) is 0 Å². The van der Waals surface area contributed by atoms with Crippen LogP contribution in [0.1, 0.15) is 29.5 Å². The Labute approximate surface area is 138 Å². The van der Waals surface area contributed by atoms with Crippen LogP contribution in [0, 0.1) is 12.8 Å². The van der Waals surface area contributed by atoms with Gasteiger partial charge in [-0.05, 0) is 49.1 Å². The molecule has 0 saturated heterocycles. The number of nitrogens with two attached hydrogens (primary N) is 1. The van der Waals surface area contributed by atoms with Crippen LogP contribution in [0.2, 0.25) is 0 Å². The third-order valence-electron chi connectivity index (χ3n) is 4.85. The number of benzene rings is 2. The van der Waals surface area contributed by atoms with E-state index in [-0.39, 0.29) is 11.8 Å². The summed E-state index contributed by atoms with van der Waals surface area (Å²) in [5, 5.41) is -0.400. The molecule has 0 aliphatic heterocycles. The Bertz CT molecular complexity index is 779. The zero-order chi connectivity index (χ0) is 16.6. The predicted octanol–water partition coefficient (Wildman–Crippen LogP) is 3.07. The van der Waals surface area contributed by atoms with Crippen LogP contribution in [0.25, 0.3) is 0 Å². The molecule has 3 rings (SSSR count). The minimum atomic E-state index is -3.34. The van der Waals surface area contributed by atoms with Crippen LogP contribution in [-0.4, -0.2) is 20.2 Å². The standard InChI is InChI=1S/C19H23NO2S/c1-3-14-6-8-15(9-7-14)18-17(12-20)19(18)23(21,22)16-10-4-13(2)5-11-16/h4-11,17-19H,3,12,20H2,1-2H3/t17-,18-,19-/m0/s1. The van der Waals surface area contributed by atoms with Gasteiger partial charge in [-0.3, -0.25) is 0 Å². The van der Waals surface area contributed by atoms with Gasteiger partial charge in [-0.25, -0.2) is 8.42 Å². The van der Waals surface area contributed by atoms with E-state index in [2.05, 4.69) is 31.2 Å². The molecule has 2 N–H and O–H groups in total. The molecule has 0 aromatic heterocycles. The van der Waals surface area contributed by atoms with Gasteiger partial charge >= 0.3 is 0 Å². The highest BCUT2D eigenvalue weighted by Crippen LogP contribution is 2.53. The third kappa shape index (κ3) is 2.93. The smallest absolute Gasteiger partial charge is 0.182 e. The maximum atomic E-state index is 12.9. The molecular formula is C19H23NO2S. The summed E-state index contributed by atoms with van der Waals surface area (Å²) in [5.74, 6) is 0.0194. The van der Waals surface area contributed by atoms with Crippen LogP contribution in [-0.2, 0) is 16.3 Å². The van der Waals surface area contributed by atoms with Gasteiger partial charge in [0.1, 0.15) is 0 Å². The van der Waals surface area contributed by atoms with Gasteiger partial charge in [0.25, 0.3) is 0 Å². The molecule has 0 amide bonds. The monoisotopic (exact) mass is 329 g/mol. The van der Waals surface area contributed by atoms with Crippen molar-refractivity contribution in [2.45, 2.75) is 36.3 Å². The van der Waals surface area contributed by atoms with Crippen molar-refractivity contribution in [3.63, 3.8) is 0 Å². The summed E-state index contributed by atoms with van der Waals surface area (Å²) in [7, 11) is -3.34. The second-order valence-corrected chi connectivity index (χ2v) is 8.45. The molecule has 23 heavy (non-hydrogen) atoms. The predicted molar refractivity (Wildman–Crippen MR) is 93.3 cm³/mol. The molecule has 0 bridgehead atoms. The highest BCUT2D eigenvalue weighted by Gasteiger charge is 2.57. The van der Waals surface area contributed by atoms with Crippen molar-refractivity contribution in [2.24, 2.45) is 11.7 Å². The molecule has 1 fully saturated rings. The fraction of sp³-hybridized carbons (Fsp3) is 0.368. The van der Waals surface area contributed by atoms with Crippen molar-refractivity contribution in [3.8, 4) is 0 Å². The SMILES string of the molecule is CCc1ccc([C@H]2[C@H](CN)[C@@H]2S(=O)(=O)c2ccc(C)cc2)cc1.